The topological polar surface area (TPSA) is 0 Å². The van der Waals surface area contributed by atoms with Gasteiger partial charge in [-0.15, -0.1) is 0 Å². The van der Waals surface area contributed by atoms with E-state index in [9.17, 15) is 13.2 Å². The third-order valence-electron chi connectivity index (χ3n) is 0.955. The lowest BCUT2D eigenvalue weighted by Crippen LogP contribution is -1.76. The molecule has 0 bridgehead atoms. The summed E-state index contributed by atoms with van der Waals surface area (Å²) < 4.78 is 34.4. The zero-order valence-electron chi connectivity index (χ0n) is 5.26. The summed E-state index contributed by atoms with van der Waals surface area (Å²) in [5.74, 6) is -1.27. The number of rotatable bonds is 3. The van der Waals surface area contributed by atoms with Gasteiger partial charge in [-0.05, 0) is 6.42 Å². The quantitative estimate of drug-likeness (QED) is 0.561. The molecule has 0 radical (unpaired) electrons. The zero-order valence-corrected chi connectivity index (χ0v) is 5.26. The minimum atomic E-state index is -2.18. The molecule has 0 N–H and O–H groups in total. The van der Waals surface area contributed by atoms with E-state index in [4.69, 9.17) is 0 Å². The van der Waals surface area contributed by atoms with Gasteiger partial charge < -0.3 is 0 Å². The van der Waals surface area contributed by atoms with E-state index in [1.165, 1.54) is 0 Å². The van der Waals surface area contributed by atoms with Gasteiger partial charge in [-0.3, -0.25) is 0 Å². The molecule has 0 aromatic heterocycles. The van der Waals surface area contributed by atoms with Gasteiger partial charge >= 0.3 is 6.08 Å². The highest BCUT2D eigenvalue weighted by atomic mass is 19.3. The molecule has 0 amide bonds. The molecule has 0 aliphatic carbocycles. The Bertz CT molecular complexity index is 103. The van der Waals surface area contributed by atoms with Crippen molar-refractivity contribution in [3.8, 4) is 0 Å². The molecular weight excluding hydrogens is 129 g/mol. The first-order valence-corrected chi connectivity index (χ1v) is 2.88. The van der Waals surface area contributed by atoms with Crippen LogP contribution in [-0.2, 0) is 0 Å². The van der Waals surface area contributed by atoms with Gasteiger partial charge in [-0.1, -0.05) is 13.3 Å². The highest BCUT2D eigenvalue weighted by Crippen LogP contribution is 2.15. The number of hydrogen-bond acceptors (Lipinski definition) is 0. The molecule has 0 saturated carbocycles. The van der Waals surface area contributed by atoms with E-state index < -0.39 is 11.9 Å². The fraction of sp³-hybridized carbons (Fsp3) is 0.667. The van der Waals surface area contributed by atoms with Crippen molar-refractivity contribution in [1.29, 1.82) is 0 Å². The zero-order chi connectivity index (χ0) is 7.28. The van der Waals surface area contributed by atoms with Crippen LogP contribution in [0, 0.1) is 0 Å². The van der Waals surface area contributed by atoms with E-state index >= 15 is 0 Å². The fourth-order valence-electron chi connectivity index (χ4n) is 0.426. The predicted octanol–water partition coefficient (Wildman–Crippen LogP) is 3.25. The first-order chi connectivity index (χ1) is 4.18. The van der Waals surface area contributed by atoms with Crippen molar-refractivity contribution in [2.45, 2.75) is 26.2 Å². The lowest BCUT2D eigenvalue weighted by molar-refractivity contribution is 0.368. The molecule has 0 aliphatic rings. The summed E-state index contributed by atoms with van der Waals surface area (Å²) in [5.41, 5.74) is 0. The van der Waals surface area contributed by atoms with Crippen molar-refractivity contribution in [2.75, 3.05) is 0 Å². The molecule has 0 aromatic rings. The Kier molecular flexibility index (Phi) is 4.18. The van der Waals surface area contributed by atoms with E-state index in [1.54, 1.807) is 0 Å². The average molecular weight is 138 g/mol. The fourth-order valence-corrected chi connectivity index (χ4v) is 0.426. The van der Waals surface area contributed by atoms with Gasteiger partial charge in [0.1, 0.15) is 0 Å². The van der Waals surface area contributed by atoms with E-state index in [0.717, 1.165) is 6.42 Å². The monoisotopic (exact) mass is 138 g/mol. The van der Waals surface area contributed by atoms with Gasteiger partial charge in [0, 0.05) is 6.42 Å². The van der Waals surface area contributed by atoms with Crippen LogP contribution in [0.1, 0.15) is 26.2 Å². The Balaban J connectivity index is 3.50. The van der Waals surface area contributed by atoms with E-state index in [-0.39, 0.29) is 6.42 Å². The Morgan fingerprint density at radius 1 is 1.22 bits per heavy atom. The van der Waals surface area contributed by atoms with Crippen molar-refractivity contribution in [2.24, 2.45) is 0 Å². The second kappa shape index (κ2) is 4.41. The Labute approximate surface area is 52.4 Å². The molecule has 0 aliphatic heterocycles. The van der Waals surface area contributed by atoms with Gasteiger partial charge in [-0.2, -0.15) is 8.78 Å². The van der Waals surface area contributed by atoms with Crippen molar-refractivity contribution in [3.63, 3.8) is 0 Å². The summed E-state index contributed by atoms with van der Waals surface area (Å²) in [4.78, 5) is 0. The van der Waals surface area contributed by atoms with Crippen LogP contribution in [0.15, 0.2) is 11.9 Å². The SMILES string of the molecule is CCCCC(F)=C(F)F. The van der Waals surface area contributed by atoms with E-state index in [1.807, 2.05) is 6.92 Å². The molecule has 0 unspecified atom stereocenters. The Morgan fingerprint density at radius 3 is 2.11 bits per heavy atom. The molecule has 3 heteroatoms. The van der Waals surface area contributed by atoms with Crippen molar-refractivity contribution >= 4 is 0 Å². The summed E-state index contributed by atoms with van der Waals surface area (Å²) in [6.07, 6.45) is -1.08. The summed E-state index contributed by atoms with van der Waals surface area (Å²) in [6.45, 7) is 1.82. The minimum Gasteiger partial charge on any atom is -0.206 e. The Hall–Kier alpha value is -0.470. The standard InChI is InChI=1S/C6H9F3/c1-2-3-4-5(7)6(8)9/h2-4H2,1H3. The Morgan fingerprint density at radius 2 is 1.78 bits per heavy atom. The lowest BCUT2D eigenvalue weighted by Gasteiger charge is -1.90. The van der Waals surface area contributed by atoms with Crippen LogP contribution in [0.5, 0.6) is 0 Å². The molecule has 9 heavy (non-hydrogen) atoms. The molecule has 0 spiro atoms. The molecule has 54 valence electrons. The normalized spacial score (nSPS) is 9.33. The first-order valence-electron chi connectivity index (χ1n) is 2.88. The van der Waals surface area contributed by atoms with Crippen LogP contribution < -0.4 is 0 Å². The highest BCUT2D eigenvalue weighted by molar-refractivity contribution is 4.90. The van der Waals surface area contributed by atoms with Crippen molar-refractivity contribution < 1.29 is 13.2 Å². The summed E-state index contributed by atoms with van der Waals surface area (Å²) in [6, 6.07) is 0. The van der Waals surface area contributed by atoms with Gasteiger partial charge in [0.15, 0.2) is 5.83 Å². The predicted molar refractivity (Wildman–Crippen MR) is 29.9 cm³/mol. The molecule has 0 heterocycles. The average Bonchev–Trinajstić information content (AvgIpc) is 1.82. The number of halogens is 3. The molecule has 0 fully saturated rings. The second-order valence-electron chi connectivity index (χ2n) is 1.77. The van der Waals surface area contributed by atoms with E-state index in [0.29, 0.717) is 6.42 Å². The maximum Gasteiger partial charge on any atom is 0.301 e. The molecule has 0 aromatic carbocycles. The first kappa shape index (κ1) is 8.53. The summed E-state index contributed by atoms with van der Waals surface area (Å²) in [7, 11) is 0. The van der Waals surface area contributed by atoms with Crippen LogP contribution in [0.3, 0.4) is 0 Å². The maximum atomic E-state index is 11.8. The number of allylic oxidation sites excluding steroid dienone is 1. The van der Waals surface area contributed by atoms with Crippen molar-refractivity contribution in [3.05, 3.63) is 11.9 Å². The van der Waals surface area contributed by atoms with Crippen LogP contribution in [0.4, 0.5) is 13.2 Å². The largest absolute Gasteiger partial charge is 0.301 e. The maximum absolute atomic E-state index is 11.8. The summed E-state index contributed by atoms with van der Waals surface area (Å²) in [5, 5.41) is 0. The smallest absolute Gasteiger partial charge is 0.206 e. The third-order valence-corrected chi connectivity index (χ3v) is 0.955. The minimum absolute atomic E-state index is 0.126. The van der Waals surface area contributed by atoms with Crippen molar-refractivity contribution in [1.82, 2.24) is 0 Å². The third kappa shape index (κ3) is 4.06. The lowest BCUT2D eigenvalue weighted by atomic mass is 10.2. The molecule has 0 atom stereocenters. The van der Waals surface area contributed by atoms with Gasteiger partial charge in [0.05, 0.1) is 0 Å². The second-order valence-corrected chi connectivity index (χ2v) is 1.77. The summed E-state index contributed by atoms with van der Waals surface area (Å²) >= 11 is 0. The molecular formula is C6H9F3. The van der Waals surface area contributed by atoms with Gasteiger partial charge in [0.25, 0.3) is 0 Å². The van der Waals surface area contributed by atoms with E-state index in [2.05, 4.69) is 0 Å². The van der Waals surface area contributed by atoms with Crippen LogP contribution in [0.2, 0.25) is 0 Å². The highest BCUT2D eigenvalue weighted by Gasteiger charge is 2.02. The van der Waals surface area contributed by atoms with Gasteiger partial charge in [-0.25, -0.2) is 4.39 Å². The molecule has 0 nitrogen and oxygen atoms in total. The number of hydrogen-bond donors (Lipinski definition) is 0. The van der Waals surface area contributed by atoms with Crippen LogP contribution in [-0.4, -0.2) is 0 Å². The molecule has 0 saturated heterocycles. The van der Waals surface area contributed by atoms with Crippen LogP contribution >= 0.6 is 0 Å². The number of unbranched alkanes of at least 4 members (excludes halogenated alkanes) is 1. The van der Waals surface area contributed by atoms with Gasteiger partial charge in [0.2, 0.25) is 0 Å². The van der Waals surface area contributed by atoms with Crippen LogP contribution in [0.25, 0.3) is 0 Å². The molecule has 0 rings (SSSR count).